The van der Waals surface area contributed by atoms with E-state index >= 15 is 0 Å². The number of benzene rings is 2. The van der Waals surface area contributed by atoms with Gasteiger partial charge in [-0.05, 0) is 25.1 Å². The zero-order chi connectivity index (χ0) is 21.4. The number of fused-ring (bicyclic) bond motifs is 1. The second-order valence-electron chi connectivity index (χ2n) is 6.86. The molecule has 2 heterocycles. The highest BCUT2D eigenvalue weighted by Crippen LogP contribution is 2.36. The lowest BCUT2D eigenvalue weighted by atomic mass is 10.1. The van der Waals surface area contributed by atoms with Crippen molar-refractivity contribution < 1.29 is 19.1 Å². The van der Waals surface area contributed by atoms with Crippen LogP contribution in [-0.2, 0) is 16.1 Å². The minimum Gasteiger partial charge on any atom is -0.480 e. The highest BCUT2D eigenvalue weighted by Gasteiger charge is 2.33. The molecule has 2 aromatic carbocycles. The summed E-state index contributed by atoms with van der Waals surface area (Å²) in [6.45, 7) is 1.81. The first-order valence-electron chi connectivity index (χ1n) is 9.15. The van der Waals surface area contributed by atoms with Crippen molar-refractivity contribution in [1.29, 1.82) is 0 Å². The summed E-state index contributed by atoms with van der Waals surface area (Å²) < 4.78 is 16.5. The number of halogens is 1. The van der Waals surface area contributed by atoms with Crippen LogP contribution in [0.3, 0.4) is 0 Å². The molecule has 3 aromatic rings. The smallest absolute Gasteiger partial charge is 0.323 e. The van der Waals surface area contributed by atoms with Crippen molar-refractivity contribution >= 4 is 57.2 Å². The van der Waals surface area contributed by atoms with Gasteiger partial charge in [-0.25, -0.2) is 4.39 Å². The number of aliphatic carboxylic acids is 1. The summed E-state index contributed by atoms with van der Waals surface area (Å²) in [5.74, 6) is -1.81. The van der Waals surface area contributed by atoms with Crippen LogP contribution in [0, 0.1) is 12.7 Å². The van der Waals surface area contributed by atoms with Gasteiger partial charge in [0.15, 0.2) is 0 Å². The zero-order valence-electron chi connectivity index (χ0n) is 16.0. The van der Waals surface area contributed by atoms with E-state index in [1.54, 1.807) is 24.3 Å². The Balaban J connectivity index is 1.79. The number of hydrogen-bond acceptors (Lipinski definition) is 4. The van der Waals surface area contributed by atoms with Crippen molar-refractivity contribution in [1.82, 2.24) is 9.47 Å². The van der Waals surface area contributed by atoms with Crippen LogP contribution in [0.15, 0.2) is 53.4 Å². The molecule has 0 aliphatic carbocycles. The minimum absolute atomic E-state index is 0.224. The lowest BCUT2D eigenvalue weighted by Gasteiger charge is -2.10. The molecule has 1 aromatic heterocycles. The molecule has 8 heteroatoms. The van der Waals surface area contributed by atoms with Crippen molar-refractivity contribution in [2.45, 2.75) is 13.5 Å². The van der Waals surface area contributed by atoms with Gasteiger partial charge in [0.2, 0.25) is 0 Å². The lowest BCUT2D eigenvalue weighted by molar-refractivity contribution is -0.140. The van der Waals surface area contributed by atoms with E-state index in [0.29, 0.717) is 17.0 Å². The second-order valence-corrected chi connectivity index (χ2v) is 8.53. The number of carboxylic acids is 1. The van der Waals surface area contributed by atoms with Gasteiger partial charge >= 0.3 is 5.97 Å². The molecular weight excluding hydrogens is 423 g/mol. The van der Waals surface area contributed by atoms with Crippen LogP contribution in [0.25, 0.3) is 17.0 Å². The van der Waals surface area contributed by atoms with E-state index in [1.807, 2.05) is 35.8 Å². The normalized spacial score (nSPS) is 15.5. The van der Waals surface area contributed by atoms with E-state index < -0.39 is 18.4 Å². The van der Waals surface area contributed by atoms with E-state index in [0.717, 1.165) is 38.8 Å². The number of para-hydroxylation sites is 1. The van der Waals surface area contributed by atoms with E-state index in [-0.39, 0.29) is 10.1 Å². The zero-order valence-corrected chi connectivity index (χ0v) is 17.6. The van der Waals surface area contributed by atoms with Gasteiger partial charge in [-0.2, -0.15) is 0 Å². The Morgan fingerprint density at radius 1 is 1.20 bits per heavy atom. The third-order valence-corrected chi connectivity index (χ3v) is 6.39. The molecule has 1 saturated heterocycles. The molecule has 0 bridgehead atoms. The minimum atomic E-state index is -1.12. The van der Waals surface area contributed by atoms with Crippen LogP contribution in [0.2, 0.25) is 0 Å². The molecule has 4 rings (SSSR count). The van der Waals surface area contributed by atoms with Crippen LogP contribution in [0.4, 0.5) is 4.39 Å². The summed E-state index contributed by atoms with van der Waals surface area (Å²) in [5.41, 5.74) is 3.20. The quantitative estimate of drug-likeness (QED) is 0.470. The molecule has 5 nitrogen and oxygen atoms in total. The molecule has 0 radical (unpaired) electrons. The third kappa shape index (κ3) is 3.64. The molecule has 0 atom stereocenters. The third-order valence-electron chi connectivity index (χ3n) is 5.01. The number of carbonyl (C=O) groups excluding carboxylic acids is 1. The highest BCUT2D eigenvalue weighted by molar-refractivity contribution is 8.26. The number of thioether (sulfide) groups is 1. The number of amides is 1. The Morgan fingerprint density at radius 3 is 2.63 bits per heavy atom. The Kier molecular flexibility index (Phi) is 5.44. The molecule has 1 N–H and O–H groups in total. The van der Waals surface area contributed by atoms with Gasteiger partial charge in [0.25, 0.3) is 5.91 Å². The lowest BCUT2D eigenvalue weighted by Crippen LogP contribution is -2.33. The van der Waals surface area contributed by atoms with Gasteiger partial charge in [-0.1, -0.05) is 60.4 Å². The summed E-state index contributed by atoms with van der Waals surface area (Å²) in [4.78, 5) is 25.2. The standard InChI is InChI=1S/C22H17FN2O3S2/c1-13-16(10-19-21(28)25(12-20(26)27)22(29)30-19)15-7-3-5-9-18(15)24(13)11-14-6-2-4-8-17(14)23/h2-10H,11-12H2,1H3,(H,26,27). The van der Waals surface area contributed by atoms with Crippen molar-refractivity contribution in [2.75, 3.05) is 6.54 Å². The number of thiocarbonyl (C=S) groups is 1. The topological polar surface area (TPSA) is 62.5 Å². The van der Waals surface area contributed by atoms with Gasteiger partial charge in [0.05, 0.1) is 11.4 Å². The van der Waals surface area contributed by atoms with Gasteiger partial charge < -0.3 is 9.67 Å². The second kappa shape index (κ2) is 8.04. The average molecular weight is 441 g/mol. The van der Waals surface area contributed by atoms with Crippen LogP contribution >= 0.6 is 24.0 Å². The van der Waals surface area contributed by atoms with E-state index in [2.05, 4.69) is 0 Å². The molecule has 1 aliphatic rings. The van der Waals surface area contributed by atoms with Crippen molar-refractivity contribution in [2.24, 2.45) is 0 Å². The molecule has 1 fully saturated rings. The number of nitrogens with zero attached hydrogens (tertiary/aromatic N) is 2. The summed E-state index contributed by atoms with van der Waals surface area (Å²) >= 11 is 6.27. The summed E-state index contributed by atoms with van der Waals surface area (Å²) in [6, 6.07) is 14.4. The largest absolute Gasteiger partial charge is 0.480 e. The number of aromatic nitrogens is 1. The number of rotatable bonds is 5. The van der Waals surface area contributed by atoms with Crippen molar-refractivity contribution in [3.8, 4) is 0 Å². The van der Waals surface area contributed by atoms with E-state index in [9.17, 15) is 14.0 Å². The first kappa shape index (κ1) is 20.3. The molecule has 30 heavy (non-hydrogen) atoms. The maximum atomic E-state index is 14.2. The maximum absolute atomic E-state index is 14.2. The molecular formula is C22H17FN2O3S2. The summed E-state index contributed by atoms with van der Waals surface area (Å²) in [5, 5.41) is 9.95. The van der Waals surface area contributed by atoms with Gasteiger partial charge in [-0.15, -0.1) is 0 Å². The fourth-order valence-corrected chi connectivity index (χ4v) is 4.78. The number of carbonyl (C=O) groups is 2. The van der Waals surface area contributed by atoms with Crippen LogP contribution in [-0.4, -0.2) is 37.3 Å². The summed E-state index contributed by atoms with van der Waals surface area (Å²) in [6.07, 6.45) is 1.75. The Bertz CT molecular complexity index is 1230. The number of hydrogen-bond donors (Lipinski definition) is 1. The predicted molar refractivity (Wildman–Crippen MR) is 120 cm³/mol. The van der Waals surface area contributed by atoms with Crippen LogP contribution in [0.1, 0.15) is 16.8 Å². The first-order valence-corrected chi connectivity index (χ1v) is 10.4. The Hall–Kier alpha value is -2.97. The van der Waals surface area contributed by atoms with Crippen LogP contribution < -0.4 is 0 Å². The fraction of sp³-hybridized carbons (Fsp3) is 0.136. The van der Waals surface area contributed by atoms with E-state index in [1.165, 1.54) is 6.07 Å². The Morgan fingerprint density at radius 2 is 1.90 bits per heavy atom. The maximum Gasteiger partial charge on any atom is 0.323 e. The Labute approximate surface area is 181 Å². The van der Waals surface area contributed by atoms with Crippen molar-refractivity contribution in [3.05, 3.63) is 76.1 Å². The SMILES string of the molecule is Cc1c(C=C2SC(=S)N(CC(=O)O)C2=O)c2ccccc2n1Cc1ccccc1F. The van der Waals surface area contributed by atoms with Crippen LogP contribution in [0.5, 0.6) is 0 Å². The van der Waals surface area contributed by atoms with Gasteiger partial charge in [0.1, 0.15) is 16.7 Å². The summed E-state index contributed by atoms with van der Waals surface area (Å²) in [7, 11) is 0. The number of carboxylic acid groups (broad SMARTS) is 1. The fourth-order valence-electron chi connectivity index (χ4n) is 3.54. The molecule has 152 valence electrons. The van der Waals surface area contributed by atoms with Gasteiger partial charge in [0, 0.05) is 27.7 Å². The van der Waals surface area contributed by atoms with E-state index in [4.69, 9.17) is 17.3 Å². The highest BCUT2D eigenvalue weighted by atomic mass is 32.2. The monoisotopic (exact) mass is 440 g/mol. The van der Waals surface area contributed by atoms with Crippen molar-refractivity contribution in [3.63, 3.8) is 0 Å². The predicted octanol–water partition coefficient (Wildman–Crippen LogP) is 4.42. The van der Waals surface area contributed by atoms with Gasteiger partial charge in [-0.3, -0.25) is 14.5 Å². The molecule has 1 amide bonds. The first-order chi connectivity index (χ1) is 14.4. The average Bonchev–Trinajstić information content (AvgIpc) is 3.12. The molecule has 0 unspecified atom stereocenters. The molecule has 1 aliphatic heterocycles. The molecule has 0 spiro atoms. The molecule has 0 saturated carbocycles.